The van der Waals surface area contributed by atoms with Crippen LogP contribution in [0.1, 0.15) is 37.6 Å². The summed E-state index contributed by atoms with van der Waals surface area (Å²) in [6.45, 7) is 9.11. The topological polar surface area (TPSA) is 4.93 Å². The number of nitrogens with zero attached hydrogens (tertiary/aromatic N) is 1. The van der Waals surface area contributed by atoms with Crippen LogP contribution in [0.2, 0.25) is 0 Å². The molecule has 0 radical (unpaired) electrons. The molecule has 2 aromatic carbocycles. The van der Waals surface area contributed by atoms with Crippen molar-refractivity contribution in [3.05, 3.63) is 94.7 Å². The Bertz CT molecular complexity index is 1170. The Labute approximate surface area is 174 Å². The third-order valence-corrected chi connectivity index (χ3v) is 6.73. The molecule has 0 saturated carbocycles. The first-order valence-electron chi connectivity index (χ1n) is 10.8. The van der Waals surface area contributed by atoms with E-state index in [9.17, 15) is 0 Å². The van der Waals surface area contributed by atoms with Crippen LogP contribution in [0.4, 0.5) is 0 Å². The molecule has 2 aliphatic carbocycles. The predicted molar refractivity (Wildman–Crippen MR) is 124 cm³/mol. The molecule has 0 aliphatic heterocycles. The molecule has 0 bridgehead atoms. The summed E-state index contributed by atoms with van der Waals surface area (Å²) < 4.78 is 2.48. The Morgan fingerprint density at radius 1 is 0.931 bits per heavy atom. The van der Waals surface area contributed by atoms with Crippen LogP contribution in [0.25, 0.3) is 22.7 Å². The highest BCUT2D eigenvalue weighted by molar-refractivity contribution is 5.94. The maximum absolute atomic E-state index is 2.51. The minimum atomic E-state index is 0.503. The highest BCUT2D eigenvalue weighted by atomic mass is 15.0. The second-order valence-electron chi connectivity index (χ2n) is 8.95. The smallest absolute Gasteiger partial charge is 0.0537 e. The van der Waals surface area contributed by atoms with Gasteiger partial charge in [-0.15, -0.1) is 0 Å². The quantitative estimate of drug-likeness (QED) is 0.441. The van der Waals surface area contributed by atoms with Gasteiger partial charge in [-0.2, -0.15) is 0 Å². The van der Waals surface area contributed by atoms with Gasteiger partial charge in [-0.05, 0) is 50.3 Å². The number of hydrogen-bond donors (Lipinski definition) is 0. The van der Waals surface area contributed by atoms with E-state index in [1.54, 1.807) is 5.57 Å². The Kier molecular flexibility index (Phi) is 4.35. The molecule has 3 aromatic rings. The number of rotatable bonds is 2. The van der Waals surface area contributed by atoms with Gasteiger partial charge in [0.2, 0.25) is 0 Å². The van der Waals surface area contributed by atoms with Gasteiger partial charge in [0.1, 0.15) is 0 Å². The van der Waals surface area contributed by atoms with E-state index in [1.807, 2.05) is 0 Å². The highest BCUT2D eigenvalue weighted by Crippen LogP contribution is 2.42. The van der Waals surface area contributed by atoms with Crippen LogP contribution in [-0.2, 0) is 6.42 Å². The molecule has 1 nitrogen and oxygen atoms in total. The molecule has 0 spiro atoms. The lowest BCUT2D eigenvalue weighted by Gasteiger charge is -2.32. The van der Waals surface area contributed by atoms with Gasteiger partial charge in [-0.3, -0.25) is 0 Å². The number of allylic oxidation sites excluding steroid dienone is 5. The van der Waals surface area contributed by atoms with E-state index in [4.69, 9.17) is 0 Å². The van der Waals surface area contributed by atoms with Gasteiger partial charge < -0.3 is 4.57 Å². The molecule has 2 aliphatic rings. The fourth-order valence-corrected chi connectivity index (χ4v) is 5.23. The molecule has 3 atom stereocenters. The van der Waals surface area contributed by atoms with Gasteiger partial charge in [0.05, 0.1) is 5.52 Å². The fraction of sp³-hybridized carbons (Fsp3) is 0.286. The summed E-state index contributed by atoms with van der Waals surface area (Å²) in [5, 5.41) is 1.37. The first kappa shape index (κ1) is 18.2. The average Bonchev–Trinajstić information content (AvgIpc) is 3.02. The predicted octanol–water partition coefficient (Wildman–Crippen LogP) is 7.28. The van der Waals surface area contributed by atoms with E-state index >= 15 is 0 Å². The maximum Gasteiger partial charge on any atom is 0.0537 e. The number of para-hydroxylation sites is 1. The van der Waals surface area contributed by atoms with Crippen LogP contribution in [0, 0.1) is 24.7 Å². The van der Waals surface area contributed by atoms with Crippen LogP contribution < -0.4 is 0 Å². The van der Waals surface area contributed by atoms with Crippen LogP contribution in [0.5, 0.6) is 0 Å². The largest absolute Gasteiger partial charge is 0.313 e. The lowest BCUT2D eigenvalue weighted by molar-refractivity contribution is 0.497. The van der Waals surface area contributed by atoms with Crippen molar-refractivity contribution in [2.45, 2.75) is 34.1 Å². The first-order valence-corrected chi connectivity index (χ1v) is 10.8. The van der Waals surface area contributed by atoms with Crippen LogP contribution >= 0.6 is 0 Å². The van der Waals surface area contributed by atoms with E-state index in [0.717, 1.165) is 6.42 Å². The number of aromatic nitrogens is 1. The number of benzene rings is 2. The molecule has 146 valence electrons. The van der Waals surface area contributed by atoms with E-state index in [1.165, 1.54) is 39.0 Å². The lowest BCUT2D eigenvalue weighted by atomic mass is 9.73. The molecular weight excluding hydrogens is 350 g/mol. The molecule has 29 heavy (non-hydrogen) atoms. The normalized spacial score (nSPS) is 23.7. The van der Waals surface area contributed by atoms with Crippen LogP contribution in [0.15, 0.2) is 77.9 Å². The van der Waals surface area contributed by atoms with Gasteiger partial charge in [0, 0.05) is 28.2 Å². The highest BCUT2D eigenvalue weighted by Gasteiger charge is 2.30. The Morgan fingerprint density at radius 2 is 1.69 bits per heavy atom. The summed E-state index contributed by atoms with van der Waals surface area (Å²) in [5.74, 6) is 1.60. The summed E-state index contributed by atoms with van der Waals surface area (Å²) in [4.78, 5) is 0. The molecule has 0 amide bonds. The molecule has 0 saturated heterocycles. The zero-order valence-electron chi connectivity index (χ0n) is 17.8. The van der Waals surface area contributed by atoms with Crippen molar-refractivity contribution in [1.29, 1.82) is 0 Å². The molecule has 5 rings (SSSR count). The molecule has 1 heterocycles. The van der Waals surface area contributed by atoms with Crippen LogP contribution in [-0.4, -0.2) is 4.57 Å². The van der Waals surface area contributed by atoms with Gasteiger partial charge in [0.15, 0.2) is 0 Å². The molecule has 1 heteroatoms. The zero-order chi connectivity index (χ0) is 20.1. The van der Waals surface area contributed by atoms with Gasteiger partial charge in [-0.1, -0.05) is 85.2 Å². The van der Waals surface area contributed by atoms with Crippen molar-refractivity contribution < 1.29 is 0 Å². The SMILES string of the molecule is CC1=CC(C)C(C2=Cc3c(n(-c4ccc(C)cc4)c4ccccc34)CC2C)C=C1. The molecule has 3 unspecified atom stereocenters. The summed E-state index contributed by atoms with van der Waals surface area (Å²) in [5.41, 5.74) is 9.71. The average molecular weight is 380 g/mol. The van der Waals surface area contributed by atoms with Crippen molar-refractivity contribution in [1.82, 2.24) is 4.57 Å². The van der Waals surface area contributed by atoms with Gasteiger partial charge in [-0.25, -0.2) is 0 Å². The lowest BCUT2D eigenvalue weighted by Crippen LogP contribution is -2.22. The Hall–Kier alpha value is -2.80. The van der Waals surface area contributed by atoms with Crippen molar-refractivity contribution in [3.8, 4) is 5.69 Å². The van der Waals surface area contributed by atoms with Gasteiger partial charge >= 0.3 is 0 Å². The van der Waals surface area contributed by atoms with E-state index in [-0.39, 0.29) is 0 Å². The van der Waals surface area contributed by atoms with Crippen molar-refractivity contribution >= 4 is 17.0 Å². The number of hydrogen-bond acceptors (Lipinski definition) is 0. The van der Waals surface area contributed by atoms with Gasteiger partial charge in [0.25, 0.3) is 0 Å². The number of aryl methyl sites for hydroxylation is 1. The first-order chi connectivity index (χ1) is 14.0. The summed E-state index contributed by atoms with van der Waals surface area (Å²) >= 11 is 0. The standard InChI is InChI=1S/C28H29N/c1-18-9-12-22(13-10-18)29-27-8-6-5-7-24(27)26-17-25(21(4)16-28(26)29)23-14-11-19(2)15-20(23)3/h5-15,17,20-21,23H,16H2,1-4H3. The summed E-state index contributed by atoms with van der Waals surface area (Å²) in [7, 11) is 0. The van der Waals surface area contributed by atoms with Crippen molar-refractivity contribution in [2.75, 3.05) is 0 Å². The second kappa shape index (κ2) is 6.91. The zero-order valence-corrected chi connectivity index (χ0v) is 17.8. The van der Waals surface area contributed by atoms with Crippen LogP contribution in [0.3, 0.4) is 0 Å². The third kappa shape index (κ3) is 3.00. The number of fused-ring (bicyclic) bond motifs is 3. The minimum absolute atomic E-state index is 0.503. The fourth-order valence-electron chi connectivity index (χ4n) is 5.23. The summed E-state index contributed by atoms with van der Waals surface area (Å²) in [6, 6.07) is 17.8. The maximum atomic E-state index is 2.51. The molecule has 0 N–H and O–H groups in total. The summed E-state index contributed by atoms with van der Waals surface area (Å²) in [6.07, 6.45) is 10.7. The van der Waals surface area contributed by atoms with E-state index in [0.29, 0.717) is 17.8 Å². The molecule has 1 aromatic heterocycles. The van der Waals surface area contributed by atoms with Crippen molar-refractivity contribution in [3.63, 3.8) is 0 Å². The molecular formula is C28H29N. The monoisotopic (exact) mass is 379 g/mol. The second-order valence-corrected chi connectivity index (χ2v) is 8.95. The third-order valence-electron chi connectivity index (χ3n) is 6.73. The van der Waals surface area contributed by atoms with Crippen molar-refractivity contribution in [2.24, 2.45) is 17.8 Å². The van der Waals surface area contributed by atoms with E-state index in [2.05, 4.69) is 105 Å². The minimum Gasteiger partial charge on any atom is -0.313 e. The van der Waals surface area contributed by atoms with E-state index < -0.39 is 0 Å². The Balaban J connectivity index is 1.70. The molecule has 0 fully saturated rings. The Morgan fingerprint density at radius 3 is 2.45 bits per heavy atom.